The van der Waals surface area contributed by atoms with Gasteiger partial charge in [-0.05, 0) is 0 Å². The third kappa shape index (κ3) is 2.44. The topological polar surface area (TPSA) is 55.6 Å². The second-order valence-electron chi connectivity index (χ2n) is 6.46. The van der Waals surface area contributed by atoms with Gasteiger partial charge in [0.05, 0.1) is 0 Å². The zero-order chi connectivity index (χ0) is 18.3. The van der Waals surface area contributed by atoms with Crippen LogP contribution in [0, 0.1) is 11.1 Å². The fraction of sp³-hybridized carbons (Fsp3) is 0.300. The van der Waals surface area contributed by atoms with Gasteiger partial charge >= 0.3 is 159 Å². The van der Waals surface area contributed by atoms with Crippen LogP contribution < -0.4 is 14.1 Å². The SMILES string of the molecule is CC[C@]1([Se]c2ccccc2)[C@H]2C(=O)N(c3ccc(OC)cc3)[C@H]2C=[N+]1[O-]. The van der Waals surface area contributed by atoms with Gasteiger partial charge in [0, 0.05) is 0 Å². The van der Waals surface area contributed by atoms with Crippen LogP contribution in [-0.2, 0) is 4.79 Å². The minimum absolute atomic E-state index is 0.0365. The summed E-state index contributed by atoms with van der Waals surface area (Å²) in [5, 5.41) is 12.9. The van der Waals surface area contributed by atoms with Gasteiger partial charge in [-0.3, -0.25) is 0 Å². The van der Waals surface area contributed by atoms with E-state index in [9.17, 15) is 10.0 Å². The van der Waals surface area contributed by atoms with Crippen LogP contribution >= 0.6 is 0 Å². The van der Waals surface area contributed by atoms with Crippen LogP contribution in [0.5, 0.6) is 5.75 Å². The van der Waals surface area contributed by atoms with E-state index in [2.05, 4.69) is 0 Å². The van der Waals surface area contributed by atoms with Gasteiger partial charge in [-0.15, -0.1) is 0 Å². The Morgan fingerprint density at radius 2 is 1.88 bits per heavy atom. The number of β-lactam (4-membered cyclic amide) rings is 1. The number of carbonyl (C=O) groups excluding carboxylic acids is 1. The van der Waals surface area contributed by atoms with Crippen molar-refractivity contribution < 1.29 is 14.3 Å². The van der Waals surface area contributed by atoms with Crippen LogP contribution in [0.25, 0.3) is 0 Å². The Morgan fingerprint density at radius 3 is 2.50 bits per heavy atom. The third-order valence-electron chi connectivity index (χ3n) is 5.19. The van der Waals surface area contributed by atoms with E-state index in [4.69, 9.17) is 4.74 Å². The Bertz CT molecular complexity index is 853. The van der Waals surface area contributed by atoms with Crippen LogP contribution in [0.4, 0.5) is 5.69 Å². The first kappa shape index (κ1) is 17.1. The number of rotatable bonds is 5. The Morgan fingerprint density at radius 1 is 1.19 bits per heavy atom. The van der Waals surface area contributed by atoms with E-state index in [0.717, 1.165) is 20.6 Å². The molecule has 5 nitrogen and oxygen atoms in total. The molecule has 0 aliphatic carbocycles. The molecule has 0 aromatic heterocycles. The van der Waals surface area contributed by atoms with Gasteiger partial charge < -0.3 is 0 Å². The van der Waals surface area contributed by atoms with Gasteiger partial charge in [0.15, 0.2) is 0 Å². The summed E-state index contributed by atoms with van der Waals surface area (Å²) in [4.78, 5) is 14.8. The first-order valence-corrected chi connectivity index (χ1v) is 10.3. The number of hydrogen-bond donors (Lipinski definition) is 0. The van der Waals surface area contributed by atoms with Crippen LogP contribution in [-0.4, -0.2) is 49.4 Å². The van der Waals surface area contributed by atoms with Crippen molar-refractivity contribution in [1.82, 2.24) is 0 Å². The first-order chi connectivity index (χ1) is 12.6. The van der Waals surface area contributed by atoms with E-state index in [-0.39, 0.29) is 32.8 Å². The van der Waals surface area contributed by atoms with Crippen molar-refractivity contribution in [2.75, 3.05) is 12.0 Å². The summed E-state index contributed by atoms with van der Waals surface area (Å²) in [6.07, 6.45) is 2.34. The monoisotopic (exact) mass is 416 g/mol. The second-order valence-corrected chi connectivity index (χ2v) is 9.36. The predicted octanol–water partition coefficient (Wildman–Crippen LogP) is 1.76. The van der Waals surface area contributed by atoms with E-state index < -0.39 is 4.44 Å². The maximum atomic E-state index is 13.0. The molecule has 1 amide bonds. The fourth-order valence-corrected chi connectivity index (χ4v) is 6.68. The van der Waals surface area contributed by atoms with Gasteiger partial charge in [-0.2, -0.15) is 0 Å². The molecule has 2 aromatic rings. The first-order valence-electron chi connectivity index (χ1n) is 8.63. The quantitative estimate of drug-likeness (QED) is 0.324. The van der Waals surface area contributed by atoms with Crippen LogP contribution in [0.1, 0.15) is 13.3 Å². The van der Waals surface area contributed by atoms with Crippen molar-refractivity contribution in [2.24, 2.45) is 5.92 Å². The number of amides is 1. The second kappa shape index (κ2) is 6.45. The van der Waals surface area contributed by atoms with E-state index in [0.29, 0.717) is 6.42 Å². The molecule has 1 fully saturated rings. The van der Waals surface area contributed by atoms with E-state index in [1.54, 1.807) is 18.2 Å². The molecule has 0 N–H and O–H groups in total. The summed E-state index contributed by atoms with van der Waals surface area (Å²) in [5.74, 6) is 0.510. The zero-order valence-electron chi connectivity index (χ0n) is 14.7. The Labute approximate surface area is 159 Å². The minimum atomic E-state index is -0.640. The number of nitrogens with zero attached hydrogens (tertiary/aromatic N) is 2. The van der Waals surface area contributed by atoms with Crippen LogP contribution in [0.3, 0.4) is 0 Å². The number of hydrogen-bond acceptors (Lipinski definition) is 3. The Balaban J connectivity index is 1.64. The number of carbonyl (C=O) groups is 1. The van der Waals surface area contributed by atoms with Crippen molar-refractivity contribution in [3.8, 4) is 5.75 Å². The van der Waals surface area contributed by atoms with Crippen LogP contribution in [0.2, 0.25) is 0 Å². The van der Waals surface area contributed by atoms with Gasteiger partial charge in [0.1, 0.15) is 0 Å². The summed E-state index contributed by atoms with van der Waals surface area (Å²) < 4.78 is 6.75. The summed E-state index contributed by atoms with van der Waals surface area (Å²) in [6.45, 7) is 2.01. The molecule has 26 heavy (non-hydrogen) atoms. The molecule has 1 saturated heterocycles. The molecule has 2 aromatic carbocycles. The molecule has 2 aliphatic rings. The number of anilines is 1. The Hall–Kier alpha value is -2.30. The van der Waals surface area contributed by atoms with Crippen molar-refractivity contribution in [2.45, 2.75) is 23.8 Å². The Kier molecular flexibility index (Phi) is 4.25. The molecule has 0 spiro atoms. The molecule has 4 rings (SSSR count). The molecule has 2 heterocycles. The van der Waals surface area contributed by atoms with Crippen LogP contribution in [0.15, 0.2) is 54.6 Å². The van der Waals surface area contributed by atoms with Gasteiger partial charge in [0.2, 0.25) is 0 Å². The molecule has 0 bridgehead atoms. The molecular weight excluding hydrogens is 395 g/mol. The van der Waals surface area contributed by atoms with Crippen molar-refractivity contribution >= 4 is 37.2 Å². The predicted molar refractivity (Wildman–Crippen MR) is 102 cm³/mol. The zero-order valence-corrected chi connectivity index (χ0v) is 16.4. The summed E-state index contributed by atoms with van der Waals surface area (Å²) in [7, 11) is 1.61. The van der Waals surface area contributed by atoms with Crippen molar-refractivity contribution in [1.29, 1.82) is 0 Å². The number of ether oxygens (including phenoxy) is 1. The van der Waals surface area contributed by atoms with E-state index in [1.165, 1.54) is 0 Å². The number of fused-ring (bicyclic) bond motifs is 1. The third-order valence-corrected chi connectivity index (χ3v) is 8.51. The number of benzene rings is 2. The molecule has 3 atom stereocenters. The summed E-state index contributed by atoms with van der Waals surface area (Å²) in [6, 6.07) is 17.3. The van der Waals surface area contributed by atoms with Crippen molar-refractivity contribution in [3.63, 3.8) is 0 Å². The molecular formula is C20H20N2O3Se. The normalized spacial score (nSPS) is 26.9. The number of hydroxylamine groups is 1. The van der Waals surface area contributed by atoms with Gasteiger partial charge in [-0.25, -0.2) is 0 Å². The molecule has 0 radical (unpaired) electrons. The molecule has 0 saturated carbocycles. The van der Waals surface area contributed by atoms with Gasteiger partial charge in [-0.1, -0.05) is 0 Å². The molecule has 0 unspecified atom stereocenters. The molecule has 2 aliphatic heterocycles. The van der Waals surface area contributed by atoms with Gasteiger partial charge in [0.25, 0.3) is 0 Å². The molecule has 134 valence electrons. The average Bonchev–Trinajstić information content (AvgIpc) is 2.92. The van der Waals surface area contributed by atoms with Crippen molar-refractivity contribution in [3.05, 3.63) is 59.8 Å². The van der Waals surface area contributed by atoms with E-state index >= 15 is 0 Å². The van der Waals surface area contributed by atoms with E-state index in [1.807, 2.05) is 61.5 Å². The summed E-state index contributed by atoms with van der Waals surface area (Å²) in [5.41, 5.74) is 0.806. The standard InChI is InChI=1S/C20H20N2O3Se/c1-3-20(26-16-7-5-4-6-8-16)18-17(13-21(20)24)22(19(18)23)14-9-11-15(25-2)12-10-14/h4-13,17-18H,3H2,1-2H3/t17-,18+,20-/m0/s1. The maximum absolute atomic E-state index is 13.0. The average molecular weight is 415 g/mol. The number of methoxy groups -OCH3 is 1. The fourth-order valence-electron chi connectivity index (χ4n) is 3.82. The molecule has 6 heteroatoms. The summed E-state index contributed by atoms with van der Waals surface area (Å²) >= 11 is -0.109.